The summed E-state index contributed by atoms with van der Waals surface area (Å²) in [5.41, 5.74) is 4.70. The first-order valence-corrected chi connectivity index (χ1v) is 12.7. The smallest absolute Gasteiger partial charge is 0.407 e. The maximum Gasteiger partial charge on any atom is 0.407 e. The van der Waals surface area contributed by atoms with E-state index in [0.717, 1.165) is 25.7 Å². The van der Waals surface area contributed by atoms with Gasteiger partial charge in [-0.2, -0.15) is 0 Å². The second-order valence-electron chi connectivity index (χ2n) is 10.4. The van der Waals surface area contributed by atoms with Gasteiger partial charge in [-0.25, -0.2) is 4.79 Å². The molecule has 2 N–H and O–H groups in total. The number of likely N-dealkylation sites (tertiary alicyclic amines) is 1. The van der Waals surface area contributed by atoms with E-state index in [9.17, 15) is 19.5 Å². The average Bonchev–Trinajstić information content (AvgIpc) is 3.22. The van der Waals surface area contributed by atoms with Gasteiger partial charge in [0.1, 0.15) is 6.61 Å². The molecule has 6 rings (SSSR count). The minimum Gasteiger partial charge on any atom is -0.481 e. The lowest BCUT2D eigenvalue weighted by atomic mass is 9.83. The molecule has 0 radical (unpaired) electrons. The molecule has 3 fully saturated rings. The summed E-state index contributed by atoms with van der Waals surface area (Å²) in [5, 5.41) is 12.2. The summed E-state index contributed by atoms with van der Waals surface area (Å²) in [4.78, 5) is 39.2. The zero-order valence-electron chi connectivity index (χ0n) is 19.6. The third-order valence-electron chi connectivity index (χ3n) is 8.52. The van der Waals surface area contributed by atoms with E-state index in [1.807, 2.05) is 29.2 Å². The van der Waals surface area contributed by atoms with Gasteiger partial charge in [-0.3, -0.25) is 9.59 Å². The molecular weight excluding hydrogens is 444 g/mol. The predicted molar refractivity (Wildman–Crippen MR) is 129 cm³/mol. The van der Waals surface area contributed by atoms with Gasteiger partial charge in [0.25, 0.3) is 0 Å². The number of rotatable bonds is 5. The molecule has 7 heteroatoms. The Labute approximate surface area is 204 Å². The first-order valence-electron chi connectivity index (χ1n) is 12.7. The van der Waals surface area contributed by atoms with Gasteiger partial charge in [-0.05, 0) is 46.9 Å². The van der Waals surface area contributed by atoms with Crippen LogP contribution in [-0.2, 0) is 14.3 Å². The van der Waals surface area contributed by atoms with Crippen molar-refractivity contribution in [3.05, 3.63) is 59.7 Å². The average molecular weight is 475 g/mol. The van der Waals surface area contributed by atoms with E-state index in [4.69, 9.17) is 4.74 Å². The van der Waals surface area contributed by atoms with E-state index >= 15 is 0 Å². The monoisotopic (exact) mass is 474 g/mol. The van der Waals surface area contributed by atoms with Gasteiger partial charge in [0.2, 0.25) is 5.91 Å². The fourth-order valence-electron chi connectivity index (χ4n) is 6.70. The molecule has 4 aliphatic rings. The summed E-state index contributed by atoms with van der Waals surface area (Å²) in [6.07, 6.45) is 2.93. The predicted octanol–water partition coefficient (Wildman–Crippen LogP) is 3.87. The Balaban J connectivity index is 1.08. The van der Waals surface area contributed by atoms with Gasteiger partial charge < -0.3 is 20.1 Å². The maximum absolute atomic E-state index is 13.3. The Morgan fingerprint density at radius 3 is 2.14 bits per heavy atom. The lowest BCUT2D eigenvalue weighted by molar-refractivity contribution is -0.142. The van der Waals surface area contributed by atoms with Crippen LogP contribution in [0, 0.1) is 23.7 Å². The molecule has 4 unspecified atom stereocenters. The van der Waals surface area contributed by atoms with Crippen molar-refractivity contribution in [1.29, 1.82) is 0 Å². The molecule has 2 saturated carbocycles. The molecule has 0 aromatic heterocycles. The van der Waals surface area contributed by atoms with Crippen LogP contribution in [0.25, 0.3) is 11.1 Å². The minimum atomic E-state index is -0.750. The van der Waals surface area contributed by atoms with E-state index in [-0.39, 0.29) is 48.1 Å². The van der Waals surface area contributed by atoms with Crippen LogP contribution in [0.15, 0.2) is 48.5 Å². The van der Waals surface area contributed by atoms with E-state index in [0.29, 0.717) is 13.1 Å². The van der Waals surface area contributed by atoms with Crippen LogP contribution in [0.3, 0.4) is 0 Å². The number of nitrogens with zero attached hydrogens (tertiary/aromatic N) is 1. The summed E-state index contributed by atoms with van der Waals surface area (Å²) in [6, 6.07) is 16.2. The molecule has 0 bridgehead atoms. The van der Waals surface area contributed by atoms with Crippen molar-refractivity contribution in [2.24, 2.45) is 23.7 Å². The van der Waals surface area contributed by atoms with Gasteiger partial charge in [-0.1, -0.05) is 61.4 Å². The van der Waals surface area contributed by atoms with Crippen LogP contribution in [0.4, 0.5) is 4.79 Å². The zero-order chi connectivity index (χ0) is 24.1. The summed E-state index contributed by atoms with van der Waals surface area (Å²) in [7, 11) is 0. The van der Waals surface area contributed by atoms with E-state index in [1.165, 1.54) is 22.3 Å². The summed E-state index contributed by atoms with van der Waals surface area (Å²) < 4.78 is 5.72. The number of piperidine rings is 1. The highest BCUT2D eigenvalue weighted by molar-refractivity contribution is 5.83. The van der Waals surface area contributed by atoms with Crippen LogP contribution in [0.2, 0.25) is 0 Å². The molecule has 3 aliphatic carbocycles. The molecule has 35 heavy (non-hydrogen) atoms. The highest BCUT2D eigenvalue weighted by Gasteiger charge is 2.61. The van der Waals surface area contributed by atoms with Crippen molar-refractivity contribution in [1.82, 2.24) is 10.2 Å². The first kappa shape index (κ1) is 22.1. The van der Waals surface area contributed by atoms with Crippen LogP contribution in [0.1, 0.15) is 42.7 Å². The van der Waals surface area contributed by atoms with E-state index < -0.39 is 12.1 Å². The molecule has 2 amide bonds. The number of amides is 2. The number of alkyl carbamates (subject to hydrolysis) is 1. The Hall–Kier alpha value is -3.35. The first-order chi connectivity index (χ1) is 17.0. The van der Waals surface area contributed by atoms with E-state index in [1.54, 1.807) is 0 Å². The molecule has 7 nitrogen and oxygen atoms in total. The van der Waals surface area contributed by atoms with Crippen molar-refractivity contribution in [3.8, 4) is 11.1 Å². The van der Waals surface area contributed by atoms with Crippen molar-refractivity contribution in [3.63, 3.8) is 0 Å². The fraction of sp³-hybridized carbons (Fsp3) is 0.464. The number of ether oxygens (including phenoxy) is 1. The van der Waals surface area contributed by atoms with Gasteiger partial charge in [0.05, 0.1) is 11.8 Å². The molecule has 182 valence electrons. The number of nitrogens with one attached hydrogen (secondary N) is 1. The number of fused-ring (bicyclic) bond motifs is 4. The van der Waals surface area contributed by atoms with Crippen molar-refractivity contribution in [2.45, 2.75) is 37.6 Å². The topological polar surface area (TPSA) is 95.9 Å². The Bertz CT molecular complexity index is 1120. The van der Waals surface area contributed by atoms with Crippen LogP contribution in [-0.4, -0.2) is 53.7 Å². The van der Waals surface area contributed by atoms with Gasteiger partial charge in [-0.15, -0.1) is 0 Å². The summed E-state index contributed by atoms with van der Waals surface area (Å²) in [5.74, 6) is -1.09. The third kappa shape index (κ3) is 3.87. The molecule has 1 heterocycles. The van der Waals surface area contributed by atoms with Gasteiger partial charge in [0, 0.05) is 25.0 Å². The van der Waals surface area contributed by atoms with E-state index in [2.05, 4.69) is 29.6 Å². The number of carbonyl (C=O) groups excluding carboxylic acids is 2. The third-order valence-corrected chi connectivity index (χ3v) is 8.52. The Morgan fingerprint density at radius 1 is 0.914 bits per heavy atom. The minimum absolute atomic E-state index is 0.00422. The maximum atomic E-state index is 13.3. The Kier molecular flexibility index (Phi) is 5.50. The number of carboxylic acids is 1. The van der Waals surface area contributed by atoms with Crippen LogP contribution < -0.4 is 5.32 Å². The number of hydrogen-bond donors (Lipinski definition) is 2. The van der Waals surface area contributed by atoms with Gasteiger partial charge >= 0.3 is 12.1 Å². The number of hydrogen-bond acceptors (Lipinski definition) is 4. The fourth-order valence-corrected chi connectivity index (χ4v) is 6.70. The zero-order valence-corrected chi connectivity index (χ0v) is 19.6. The number of carbonyl (C=O) groups is 3. The molecule has 2 aromatic carbocycles. The van der Waals surface area contributed by atoms with Crippen molar-refractivity contribution >= 4 is 18.0 Å². The second kappa shape index (κ2) is 8.70. The summed E-state index contributed by atoms with van der Waals surface area (Å²) in [6.45, 7) is 1.29. The standard InChI is InChI=1S/C28H30N2O5/c31-26(30-13-21-22(14-30)25(21)27(32)33)20-11-5-6-12-24(20)29-28(34)35-15-23-18-9-3-1-7-16(18)17-8-2-4-10-19(17)23/h1-4,7-10,20-25H,5-6,11-15H2,(H,29,34)(H,32,33). The SMILES string of the molecule is O=C(NC1CCCCC1C(=O)N1CC2C(C1)C2C(=O)O)OCC1c2ccccc2-c2ccccc21. The van der Waals surface area contributed by atoms with Crippen LogP contribution in [0.5, 0.6) is 0 Å². The second-order valence-corrected chi connectivity index (χ2v) is 10.4. The van der Waals surface area contributed by atoms with Crippen LogP contribution >= 0.6 is 0 Å². The molecule has 4 atom stereocenters. The quantitative estimate of drug-likeness (QED) is 0.686. The molecule has 2 aromatic rings. The lowest BCUT2D eigenvalue weighted by Crippen LogP contribution is -2.50. The highest BCUT2D eigenvalue weighted by Crippen LogP contribution is 2.52. The largest absolute Gasteiger partial charge is 0.481 e. The number of aliphatic carboxylic acids is 1. The molecule has 0 spiro atoms. The number of benzene rings is 2. The normalized spacial score (nSPS) is 28.6. The molecule has 1 aliphatic heterocycles. The number of carboxylic acid groups (broad SMARTS) is 1. The molecular formula is C28H30N2O5. The Morgan fingerprint density at radius 2 is 1.51 bits per heavy atom. The van der Waals surface area contributed by atoms with Gasteiger partial charge in [0.15, 0.2) is 0 Å². The molecule has 1 saturated heterocycles. The van der Waals surface area contributed by atoms with Crippen molar-refractivity contribution in [2.75, 3.05) is 19.7 Å². The van der Waals surface area contributed by atoms with Crippen molar-refractivity contribution < 1.29 is 24.2 Å². The summed E-state index contributed by atoms with van der Waals surface area (Å²) >= 11 is 0. The lowest BCUT2D eigenvalue weighted by Gasteiger charge is -2.34. The highest BCUT2D eigenvalue weighted by atomic mass is 16.5.